The van der Waals surface area contributed by atoms with Crippen molar-refractivity contribution in [3.63, 3.8) is 0 Å². The Morgan fingerprint density at radius 1 is 1.86 bits per heavy atom. The Hall–Kier alpha value is -0.370. The van der Waals surface area contributed by atoms with E-state index in [1.165, 1.54) is 0 Å². The second-order valence-corrected chi connectivity index (χ2v) is 1.68. The van der Waals surface area contributed by atoms with Gasteiger partial charge in [0.2, 0.25) is 0 Å². The van der Waals surface area contributed by atoms with E-state index in [1.807, 2.05) is 6.92 Å². The van der Waals surface area contributed by atoms with E-state index in [0.717, 1.165) is 12.7 Å². The molecule has 0 radical (unpaired) electrons. The third-order valence-corrected chi connectivity index (χ3v) is 1.16. The zero-order valence-corrected chi connectivity index (χ0v) is 4.26. The maximum absolute atomic E-state index is 9.81. The van der Waals surface area contributed by atoms with Crippen LogP contribution in [0.1, 0.15) is 13.3 Å². The summed E-state index contributed by atoms with van der Waals surface area (Å²) in [6.45, 7) is 2.01. The highest BCUT2D eigenvalue weighted by Gasteiger charge is 2.36. The van der Waals surface area contributed by atoms with Gasteiger partial charge in [-0.2, -0.15) is 0 Å². The lowest BCUT2D eigenvalue weighted by atomic mass is 10.3. The first kappa shape index (κ1) is 4.78. The Morgan fingerprint density at radius 3 is 2.71 bits per heavy atom. The fourth-order valence-corrected chi connectivity index (χ4v) is 0.605. The summed E-state index contributed by atoms with van der Waals surface area (Å²) < 4.78 is 4.85. The number of ether oxygens (including phenoxy) is 1. The minimum atomic E-state index is -0.0648. The van der Waals surface area contributed by atoms with Gasteiger partial charge in [-0.3, -0.25) is 0 Å². The highest BCUT2D eigenvalue weighted by molar-refractivity contribution is 5.60. The van der Waals surface area contributed by atoms with Crippen LogP contribution in [-0.2, 0) is 9.53 Å². The number of carbonyl (C=O) groups excluding carboxylic acids is 1. The van der Waals surface area contributed by atoms with E-state index in [9.17, 15) is 4.79 Å². The summed E-state index contributed by atoms with van der Waals surface area (Å²) in [7, 11) is 0. The molecular weight excluding hydrogens is 92.1 g/mol. The second kappa shape index (κ2) is 1.62. The average molecular weight is 100 g/mol. The van der Waals surface area contributed by atoms with Crippen molar-refractivity contribution in [2.45, 2.75) is 25.6 Å². The zero-order chi connectivity index (χ0) is 5.28. The summed E-state index contributed by atoms with van der Waals surface area (Å²) in [4.78, 5) is 9.81. The third-order valence-electron chi connectivity index (χ3n) is 1.16. The molecule has 1 rings (SSSR count). The summed E-state index contributed by atoms with van der Waals surface area (Å²) in [5.41, 5.74) is 0. The summed E-state index contributed by atoms with van der Waals surface area (Å²) in [6, 6.07) is 0. The maximum Gasteiger partial charge on any atom is 0.151 e. The number of hydrogen-bond acceptors (Lipinski definition) is 2. The van der Waals surface area contributed by atoms with Gasteiger partial charge in [-0.1, -0.05) is 6.92 Å². The molecule has 0 aromatic rings. The maximum atomic E-state index is 9.81. The van der Waals surface area contributed by atoms with Crippen molar-refractivity contribution >= 4 is 6.29 Å². The highest BCUT2D eigenvalue weighted by atomic mass is 16.6. The molecule has 1 fully saturated rings. The first-order valence-corrected chi connectivity index (χ1v) is 2.49. The number of epoxide rings is 1. The molecule has 7 heavy (non-hydrogen) atoms. The van der Waals surface area contributed by atoms with Gasteiger partial charge < -0.3 is 9.53 Å². The third kappa shape index (κ3) is 0.800. The molecule has 0 aliphatic carbocycles. The van der Waals surface area contributed by atoms with Crippen LogP contribution in [0, 0.1) is 0 Å². The Morgan fingerprint density at radius 2 is 2.57 bits per heavy atom. The Kier molecular flexibility index (Phi) is 1.11. The van der Waals surface area contributed by atoms with Gasteiger partial charge in [-0.25, -0.2) is 0 Å². The van der Waals surface area contributed by atoms with Gasteiger partial charge in [-0.15, -0.1) is 0 Å². The first-order valence-electron chi connectivity index (χ1n) is 2.49. The largest absolute Gasteiger partial charge is 0.362 e. The number of hydrogen-bond donors (Lipinski definition) is 0. The van der Waals surface area contributed by atoms with Crippen LogP contribution in [0.25, 0.3) is 0 Å². The highest BCUT2D eigenvalue weighted by Crippen LogP contribution is 2.21. The zero-order valence-electron chi connectivity index (χ0n) is 4.26. The predicted molar refractivity (Wildman–Crippen MR) is 25.0 cm³/mol. The fourth-order valence-electron chi connectivity index (χ4n) is 0.605. The van der Waals surface area contributed by atoms with Gasteiger partial charge in [-0.05, 0) is 6.42 Å². The standard InChI is InChI=1S/C5H8O2/c1-2-4-5(3-6)7-4/h3-5H,2H2,1H3/t4-,5-/m0/s1. The van der Waals surface area contributed by atoms with Gasteiger partial charge >= 0.3 is 0 Å². The molecule has 1 heterocycles. The van der Waals surface area contributed by atoms with Crippen molar-refractivity contribution in [3.05, 3.63) is 0 Å². The van der Waals surface area contributed by atoms with Crippen LogP contribution in [0.15, 0.2) is 0 Å². The lowest BCUT2D eigenvalue weighted by molar-refractivity contribution is -0.108. The van der Waals surface area contributed by atoms with Crippen molar-refractivity contribution in [3.8, 4) is 0 Å². The van der Waals surface area contributed by atoms with E-state index in [0.29, 0.717) is 0 Å². The van der Waals surface area contributed by atoms with Crippen LogP contribution >= 0.6 is 0 Å². The van der Waals surface area contributed by atoms with Gasteiger partial charge in [0.25, 0.3) is 0 Å². The van der Waals surface area contributed by atoms with Gasteiger partial charge in [0, 0.05) is 0 Å². The van der Waals surface area contributed by atoms with E-state index in [2.05, 4.69) is 0 Å². The second-order valence-electron chi connectivity index (χ2n) is 1.68. The molecule has 2 heteroatoms. The average Bonchev–Trinajstić information content (AvgIpc) is 2.43. The molecule has 0 saturated carbocycles. The molecule has 1 aliphatic rings. The monoisotopic (exact) mass is 100 g/mol. The SMILES string of the molecule is CC[C@@H]1O[C@H]1C=O. The van der Waals surface area contributed by atoms with Crippen LogP contribution in [0.2, 0.25) is 0 Å². The minimum absolute atomic E-state index is 0.0648. The Balaban J connectivity index is 2.17. The molecule has 0 aromatic carbocycles. The lowest BCUT2D eigenvalue weighted by Crippen LogP contribution is -1.90. The van der Waals surface area contributed by atoms with Crippen LogP contribution in [0.4, 0.5) is 0 Å². The van der Waals surface area contributed by atoms with Crippen LogP contribution in [0.3, 0.4) is 0 Å². The smallest absolute Gasteiger partial charge is 0.151 e. The lowest BCUT2D eigenvalue weighted by Gasteiger charge is -1.72. The predicted octanol–water partition coefficient (Wildman–Crippen LogP) is 0.363. The Labute approximate surface area is 42.5 Å². The van der Waals surface area contributed by atoms with Crippen molar-refractivity contribution in [2.24, 2.45) is 0 Å². The number of rotatable bonds is 2. The number of aldehydes is 1. The molecule has 0 unspecified atom stereocenters. The van der Waals surface area contributed by atoms with E-state index in [-0.39, 0.29) is 12.2 Å². The summed E-state index contributed by atoms with van der Waals surface area (Å²) >= 11 is 0. The van der Waals surface area contributed by atoms with Crippen molar-refractivity contribution in [2.75, 3.05) is 0 Å². The van der Waals surface area contributed by atoms with Crippen LogP contribution in [-0.4, -0.2) is 18.5 Å². The summed E-state index contributed by atoms with van der Waals surface area (Å²) in [5.74, 6) is 0. The quantitative estimate of drug-likeness (QED) is 0.370. The molecule has 1 aliphatic heterocycles. The normalized spacial score (nSPS) is 37.9. The van der Waals surface area contributed by atoms with Crippen molar-refractivity contribution in [1.82, 2.24) is 0 Å². The van der Waals surface area contributed by atoms with E-state index >= 15 is 0 Å². The number of carbonyl (C=O) groups is 1. The molecule has 2 nitrogen and oxygen atoms in total. The molecule has 0 N–H and O–H groups in total. The molecule has 0 bridgehead atoms. The van der Waals surface area contributed by atoms with E-state index < -0.39 is 0 Å². The topological polar surface area (TPSA) is 29.6 Å². The van der Waals surface area contributed by atoms with E-state index in [4.69, 9.17) is 4.74 Å². The summed E-state index contributed by atoms with van der Waals surface area (Å²) in [5, 5.41) is 0. The van der Waals surface area contributed by atoms with Crippen LogP contribution in [0.5, 0.6) is 0 Å². The van der Waals surface area contributed by atoms with Gasteiger partial charge in [0.05, 0.1) is 6.10 Å². The van der Waals surface area contributed by atoms with E-state index in [1.54, 1.807) is 0 Å². The van der Waals surface area contributed by atoms with Gasteiger partial charge in [0.15, 0.2) is 6.29 Å². The molecule has 1 saturated heterocycles. The Bertz CT molecular complexity index is 80.1. The minimum Gasteiger partial charge on any atom is -0.362 e. The van der Waals surface area contributed by atoms with Crippen LogP contribution < -0.4 is 0 Å². The first-order chi connectivity index (χ1) is 3.38. The van der Waals surface area contributed by atoms with Gasteiger partial charge in [0.1, 0.15) is 6.10 Å². The molecule has 0 amide bonds. The molecule has 2 atom stereocenters. The fraction of sp³-hybridized carbons (Fsp3) is 0.800. The van der Waals surface area contributed by atoms with Crippen molar-refractivity contribution < 1.29 is 9.53 Å². The molecule has 0 aromatic heterocycles. The molecule has 0 spiro atoms. The van der Waals surface area contributed by atoms with Crippen molar-refractivity contribution in [1.29, 1.82) is 0 Å². The summed E-state index contributed by atoms with van der Waals surface area (Å²) in [6.07, 6.45) is 2.00. The molecule has 40 valence electrons. The molecular formula is C5H8O2.